The molecule has 1 aromatic heterocycles. The van der Waals surface area contributed by atoms with Crippen LogP contribution in [0.1, 0.15) is 35.7 Å². The van der Waals surface area contributed by atoms with Crippen molar-refractivity contribution in [1.82, 2.24) is 15.2 Å². The van der Waals surface area contributed by atoms with Crippen LogP contribution in [0.2, 0.25) is 0 Å². The smallest absolute Gasteiger partial charge is 0.340 e. The molecule has 2 aliphatic heterocycles. The lowest BCUT2D eigenvalue weighted by atomic mass is 9.88. The maximum atomic E-state index is 15.1. The summed E-state index contributed by atoms with van der Waals surface area (Å²) in [5, 5.41) is 2.51. The lowest BCUT2D eigenvalue weighted by Crippen LogP contribution is -2.50. The highest BCUT2D eigenvalue weighted by Crippen LogP contribution is 2.38. The SMILES string of the molecule is CC(=O)N[C@@H]1OC(=O)C(c2cc(F)c(N3CCN(C(=O)COC(=O)c4cccnc4)CC3)c(F)c2)C1C. The molecule has 1 aromatic carbocycles. The highest BCUT2D eigenvalue weighted by atomic mass is 19.1. The van der Waals surface area contributed by atoms with Crippen molar-refractivity contribution in [2.24, 2.45) is 5.92 Å². The van der Waals surface area contributed by atoms with Crippen LogP contribution in [0.4, 0.5) is 14.5 Å². The van der Waals surface area contributed by atoms with E-state index >= 15 is 8.78 Å². The molecule has 0 saturated carbocycles. The second-order valence-electron chi connectivity index (χ2n) is 8.91. The Kier molecular flexibility index (Phi) is 7.65. The molecule has 2 unspecified atom stereocenters. The molecule has 196 valence electrons. The molecule has 10 nitrogen and oxygen atoms in total. The monoisotopic (exact) mass is 516 g/mol. The van der Waals surface area contributed by atoms with Gasteiger partial charge in [0.1, 0.15) is 17.3 Å². The number of piperazine rings is 1. The van der Waals surface area contributed by atoms with E-state index in [1.54, 1.807) is 13.0 Å². The van der Waals surface area contributed by atoms with Gasteiger partial charge in [-0.1, -0.05) is 6.92 Å². The Balaban J connectivity index is 1.37. The second-order valence-corrected chi connectivity index (χ2v) is 8.91. The molecular weight excluding hydrogens is 490 g/mol. The molecule has 0 aliphatic carbocycles. The molecule has 37 heavy (non-hydrogen) atoms. The largest absolute Gasteiger partial charge is 0.452 e. The molecule has 2 aromatic rings. The number of pyridine rings is 1. The van der Waals surface area contributed by atoms with E-state index in [-0.39, 0.29) is 48.9 Å². The molecule has 3 heterocycles. The summed E-state index contributed by atoms with van der Waals surface area (Å²) in [6.45, 7) is 3.14. The Morgan fingerprint density at radius 3 is 2.43 bits per heavy atom. The first-order valence-corrected chi connectivity index (χ1v) is 11.7. The number of aromatic nitrogens is 1. The first-order chi connectivity index (χ1) is 17.7. The number of ether oxygens (including phenoxy) is 2. The summed E-state index contributed by atoms with van der Waals surface area (Å²) in [5.74, 6) is -5.30. The normalized spacial score (nSPS) is 21.4. The van der Waals surface area contributed by atoms with Gasteiger partial charge in [-0.15, -0.1) is 0 Å². The van der Waals surface area contributed by atoms with Gasteiger partial charge in [0.25, 0.3) is 5.91 Å². The standard InChI is InChI=1S/C25H26F2N4O6/c1-14-21(25(35)37-23(14)29-15(2)32)17-10-18(26)22(19(27)11-17)31-8-6-30(7-9-31)20(33)13-36-24(34)16-4-3-5-28-12-16/h3-5,10-12,14,21,23H,6-9,13H2,1-2H3,(H,29,32)/t14?,21?,23-/m1/s1. The fourth-order valence-corrected chi connectivity index (χ4v) is 4.53. The number of hydrogen-bond acceptors (Lipinski definition) is 8. The minimum absolute atomic E-state index is 0.119. The number of cyclic esters (lactones) is 1. The van der Waals surface area contributed by atoms with Crippen molar-refractivity contribution in [3.63, 3.8) is 0 Å². The third-order valence-electron chi connectivity index (χ3n) is 6.42. The van der Waals surface area contributed by atoms with Crippen molar-refractivity contribution in [1.29, 1.82) is 0 Å². The lowest BCUT2D eigenvalue weighted by Gasteiger charge is -2.36. The molecule has 0 bridgehead atoms. The quantitative estimate of drug-likeness (QED) is 0.576. The first kappa shape index (κ1) is 26.0. The summed E-state index contributed by atoms with van der Waals surface area (Å²) in [5.41, 5.74) is 0.0880. The Bertz CT molecular complexity index is 1180. The zero-order valence-corrected chi connectivity index (χ0v) is 20.3. The number of esters is 2. The number of carbonyl (C=O) groups excluding carboxylic acids is 4. The minimum Gasteiger partial charge on any atom is -0.452 e. The number of hydrogen-bond donors (Lipinski definition) is 1. The van der Waals surface area contributed by atoms with Crippen LogP contribution < -0.4 is 10.2 Å². The van der Waals surface area contributed by atoms with E-state index < -0.39 is 54.2 Å². The van der Waals surface area contributed by atoms with Gasteiger partial charge in [0.15, 0.2) is 12.8 Å². The van der Waals surface area contributed by atoms with Crippen molar-refractivity contribution >= 4 is 29.4 Å². The molecule has 2 fully saturated rings. The van der Waals surface area contributed by atoms with E-state index in [9.17, 15) is 19.2 Å². The number of carbonyl (C=O) groups is 4. The molecule has 1 N–H and O–H groups in total. The average molecular weight is 517 g/mol. The van der Waals surface area contributed by atoms with Crippen LogP contribution >= 0.6 is 0 Å². The van der Waals surface area contributed by atoms with Gasteiger partial charge in [0.05, 0.1) is 11.5 Å². The number of nitrogens with one attached hydrogen (secondary N) is 1. The molecule has 4 rings (SSSR count). The molecule has 2 amide bonds. The van der Waals surface area contributed by atoms with Crippen LogP contribution in [0, 0.1) is 17.6 Å². The van der Waals surface area contributed by atoms with Gasteiger partial charge < -0.3 is 24.6 Å². The third-order valence-corrected chi connectivity index (χ3v) is 6.42. The summed E-state index contributed by atoms with van der Waals surface area (Å²) in [4.78, 5) is 54.9. The van der Waals surface area contributed by atoms with E-state index in [1.807, 2.05) is 0 Å². The molecular formula is C25H26F2N4O6. The average Bonchev–Trinajstić information content (AvgIpc) is 3.14. The number of nitrogens with zero attached hydrogens (tertiary/aromatic N) is 3. The topological polar surface area (TPSA) is 118 Å². The van der Waals surface area contributed by atoms with Crippen molar-refractivity contribution < 1.29 is 37.4 Å². The van der Waals surface area contributed by atoms with Crippen LogP contribution in [0.3, 0.4) is 0 Å². The second kappa shape index (κ2) is 10.9. The molecule has 0 spiro atoms. The van der Waals surface area contributed by atoms with Crippen LogP contribution in [0.25, 0.3) is 0 Å². The van der Waals surface area contributed by atoms with Crippen LogP contribution in [-0.4, -0.2) is 72.7 Å². The fourth-order valence-electron chi connectivity index (χ4n) is 4.53. The van der Waals surface area contributed by atoms with Crippen molar-refractivity contribution in [3.05, 3.63) is 59.4 Å². The fraction of sp³-hybridized carbons (Fsp3) is 0.400. The first-order valence-electron chi connectivity index (χ1n) is 11.7. The maximum Gasteiger partial charge on any atom is 0.340 e. The zero-order valence-electron chi connectivity index (χ0n) is 20.3. The van der Waals surface area contributed by atoms with E-state index in [2.05, 4.69) is 10.3 Å². The van der Waals surface area contributed by atoms with Gasteiger partial charge in [-0.3, -0.25) is 19.4 Å². The van der Waals surface area contributed by atoms with E-state index in [0.717, 1.165) is 12.1 Å². The number of halogens is 2. The molecule has 12 heteroatoms. The number of rotatable bonds is 6. The predicted octanol–water partition coefficient (Wildman–Crippen LogP) is 1.60. The van der Waals surface area contributed by atoms with Gasteiger partial charge in [0.2, 0.25) is 5.91 Å². The number of benzene rings is 1. The van der Waals surface area contributed by atoms with Crippen LogP contribution in [0.5, 0.6) is 0 Å². The molecule has 2 saturated heterocycles. The summed E-state index contributed by atoms with van der Waals surface area (Å²) in [6, 6.07) is 5.30. The summed E-state index contributed by atoms with van der Waals surface area (Å²) in [7, 11) is 0. The Morgan fingerprint density at radius 2 is 1.84 bits per heavy atom. The van der Waals surface area contributed by atoms with Gasteiger partial charge >= 0.3 is 11.9 Å². The third kappa shape index (κ3) is 5.68. The van der Waals surface area contributed by atoms with Gasteiger partial charge in [-0.25, -0.2) is 13.6 Å². The molecule has 2 aliphatic rings. The molecule has 3 atom stereocenters. The summed E-state index contributed by atoms with van der Waals surface area (Å²) in [6.07, 6.45) is 1.96. The minimum atomic E-state index is -0.932. The summed E-state index contributed by atoms with van der Waals surface area (Å²) >= 11 is 0. The van der Waals surface area contributed by atoms with Crippen molar-refractivity contribution in [3.8, 4) is 0 Å². The maximum absolute atomic E-state index is 15.1. The molecule has 0 radical (unpaired) electrons. The van der Waals surface area contributed by atoms with E-state index in [0.29, 0.717) is 0 Å². The Morgan fingerprint density at radius 1 is 1.16 bits per heavy atom. The highest BCUT2D eigenvalue weighted by Gasteiger charge is 2.44. The predicted molar refractivity (Wildman–Crippen MR) is 125 cm³/mol. The van der Waals surface area contributed by atoms with Crippen LogP contribution in [0.15, 0.2) is 36.7 Å². The van der Waals surface area contributed by atoms with Gasteiger partial charge in [0, 0.05) is 51.4 Å². The van der Waals surface area contributed by atoms with Crippen LogP contribution in [-0.2, 0) is 23.9 Å². The summed E-state index contributed by atoms with van der Waals surface area (Å²) < 4.78 is 40.4. The van der Waals surface area contributed by atoms with E-state index in [1.165, 1.54) is 35.2 Å². The van der Waals surface area contributed by atoms with Gasteiger partial charge in [-0.05, 0) is 29.8 Å². The lowest BCUT2D eigenvalue weighted by molar-refractivity contribution is -0.144. The Hall–Kier alpha value is -4.09. The van der Waals surface area contributed by atoms with E-state index in [4.69, 9.17) is 9.47 Å². The number of anilines is 1. The van der Waals surface area contributed by atoms with Gasteiger partial charge in [-0.2, -0.15) is 0 Å². The van der Waals surface area contributed by atoms with Crippen molar-refractivity contribution in [2.45, 2.75) is 26.0 Å². The Labute approximate surface area is 211 Å². The zero-order chi connectivity index (χ0) is 26.7. The van der Waals surface area contributed by atoms with Crippen molar-refractivity contribution in [2.75, 3.05) is 37.7 Å². The highest BCUT2D eigenvalue weighted by molar-refractivity contribution is 5.91. The number of amides is 2.